The highest BCUT2D eigenvalue weighted by molar-refractivity contribution is 6.34. The monoisotopic (exact) mass is 274 g/mol. The third kappa shape index (κ3) is 2.19. The van der Waals surface area contributed by atoms with E-state index >= 15 is 0 Å². The molecule has 4 heteroatoms. The van der Waals surface area contributed by atoms with Gasteiger partial charge in [0.15, 0.2) is 0 Å². The van der Waals surface area contributed by atoms with Gasteiger partial charge in [0.1, 0.15) is 10.8 Å². The smallest absolute Gasteiger partial charge is 0.272 e. The van der Waals surface area contributed by atoms with E-state index in [1.54, 1.807) is 4.90 Å². The molecule has 0 radical (unpaired) electrons. The van der Waals surface area contributed by atoms with Gasteiger partial charge >= 0.3 is 0 Å². The summed E-state index contributed by atoms with van der Waals surface area (Å²) in [5.74, 6) is -0.0441. The zero-order chi connectivity index (χ0) is 13.4. The summed E-state index contributed by atoms with van der Waals surface area (Å²) in [5.41, 5.74) is 0.429. The minimum absolute atomic E-state index is 0.0441. The van der Waals surface area contributed by atoms with E-state index in [0.29, 0.717) is 16.9 Å². The largest absolute Gasteiger partial charge is 0.337 e. The fourth-order valence-electron chi connectivity index (χ4n) is 2.39. The van der Waals surface area contributed by atoms with Gasteiger partial charge in [0.25, 0.3) is 5.91 Å². The van der Waals surface area contributed by atoms with Crippen LogP contribution in [0.3, 0.4) is 0 Å². The molecule has 19 heavy (non-hydrogen) atoms. The summed E-state index contributed by atoms with van der Waals surface area (Å²) < 4.78 is 0. The zero-order valence-corrected chi connectivity index (χ0v) is 11.5. The van der Waals surface area contributed by atoms with Gasteiger partial charge in [-0.3, -0.25) is 4.79 Å². The number of carbonyl (C=O) groups excluding carboxylic acids is 1. The van der Waals surface area contributed by atoms with E-state index in [4.69, 9.17) is 11.6 Å². The highest BCUT2D eigenvalue weighted by Crippen LogP contribution is 2.26. The van der Waals surface area contributed by atoms with Crippen molar-refractivity contribution in [2.24, 2.45) is 0 Å². The molecule has 1 aliphatic carbocycles. The van der Waals surface area contributed by atoms with Crippen LogP contribution in [0, 0.1) is 0 Å². The third-order valence-corrected chi connectivity index (χ3v) is 4.14. The van der Waals surface area contributed by atoms with E-state index < -0.39 is 0 Å². The molecule has 1 heterocycles. The number of fused-ring (bicyclic) bond motifs is 1. The second-order valence-electron chi connectivity index (χ2n) is 5.02. The summed E-state index contributed by atoms with van der Waals surface area (Å²) in [6.45, 7) is 0. The van der Waals surface area contributed by atoms with E-state index in [-0.39, 0.29) is 5.91 Å². The molecule has 3 nitrogen and oxygen atoms in total. The van der Waals surface area contributed by atoms with Crippen molar-refractivity contribution in [1.29, 1.82) is 0 Å². The van der Waals surface area contributed by atoms with Crippen LogP contribution in [0.25, 0.3) is 10.8 Å². The molecule has 0 unspecified atom stereocenters. The van der Waals surface area contributed by atoms with Crippen molar-refractivity contribution in [2.45, 2.75) is 25.3 Å². The van der Waals surface area contributed by atoms with E-state index in [2.05, 4.69) is 4.98 Å². The molecule has 98 valence electrons. The molecule has 1 aromatic heterocycles. The number of aromatic nitrogens is 1. The number of benzene rings is 1. The number of amides is 1. The predicted molar refractivity (Wildman–Crippen MR) is 76.5 cm³/mol. The lowest BCUT2D eigenvalue weighted by atomic mass is 9.91. The molecule has 1 fully saturated rings. The van der Waals surface area contributed by atoms with Crippen molar-refractivity contribution in [3.63, 3.8) is 0 Å². The van der Waals surface area contributed by atoms with Gasteiger partial charge in [0.2, 0.25) is 0 Å². The maximum Gasteiger partial charge on any atom is 0.272 e. The van der Waals surface area contributed by atoms with Gasteiger partial charge in [-0.05, 0) is 30.7 Å². The van der Waals surface area contributed by atoms with Crippen LogP contribution in [0.1, 0.15) is 29.8 Å². The molecular weight excluding hydrogens is 260 g/mol. The van der Waals surface area contributed by atoms with Gasteiger partial charge < -0.3 is 4.90 Å². The summed E-state index contributed by atoms with van der Waals surface area (Å²) in [6.07, 6.45) is 3.38. The van der Waals surface area contributed by atoms with Crippen LogP contribution in [0.5, 0.6) is 0 Å². The lowest BCUT2D eigenvalue weighted by Crippen LogP contribution is -2.41. The molecule has 1 saturated carbocycles. The number of hydrogen-bond acceptors (Lipinski definition) is 2. The average Bonchev–Trinajstić information content (AvgIpc) is 2.35. The molecule has 0 aliphatic heterocycles. The quantitative estimate of drug-likeness (QED) is 0.785. The molecular formula is C15H15ClN2O. The maximum atomic E-state index is 12.4. The summed E-state index contributed by atoms with van der Waals surface area (Å²) in [6, 6.07) is 9.89. The number of carbonyl (C=O) groups is 1. The standard InChI is InChI=1S/C15H15ClN2O/c1-18(11-6-4-7-11)15(19)13-9-10-5-2-3-8-12(10)14(16)17-13/h2-3,5,8-9,11H,4,6-7H2,1H3. The Bertz CT molecular complexity index is 637. The first-order chi connectivity index (χ1) is 9.16. The third-order valence-electron chi connectivity index (χ3n) is 3.86. The van der Waals surface area contributed by atoms with E-state index in [1.807, 2.05) is 37.4 Å². The lowest BCUT2D eigenvalue weighted by Gasteiger charge is -2.34. The lowest BCUT2D eigenvalue weighted by molar-refractivity contribution is 0.0646. The van der Waals surface area contributed by atoms with Gasteiger partial charge in [-0.2, -0.15) is 0 Å². The van der Waals surface area contributed by atoms with Crippen molar-refractivity contribution in [3.05, 3.63) is 41.2 Å². The van der Waals surface area contributed by atoms with Crippen LogP contribution < -0.4 is 0 Å². The number of nitrogens with zero attached hydrogens (tertiary/aromatic N) is 2. The summed E-state index contributed by atoms with van der Waals surface area (Å²) in [4.78, 5) is 18.4. The molecule has 2 aromatic rings. The molecule has 1 aromatic carbocycles. The molecule has 0 bridgehead atoms. The highest BCUT2D eigenvalue weighted by Gasteiger charge is 2.27. The van der Waals surface area contributed by atoms with E-state index in [1.165, 1.54) is 6.42 Å². The first-order valence-corrected chi connectivity index (χ1v) is 6.87. The van der Waals surface area contributed by atoms with Crippen LogP contribution in [0.4, 0.5) is 0 Å². The Morgan fingerprint density at radius 2 is 2.11 bits per heavy atom. The van der Waals surface area contributed by atoms with Crippen LogP contribution >= 0.6 is 11.6 Å². The summed E-state index contributed by atoms with van der Waals surface area (Å²) >= 11 is 6.16. The van der Waals surface area contributed by atoms with Gasteiger partial charge in [-0.25, -0.2) is 4.98 Å². The highest BCUT2D eigenvalue weighted by atomic mass is 35.5. The topological polar surface area (TPSA) is 33.2 Å². The van der Waals surface area contributed by atoms with Gasteiger partial charge in [-0.1, -0.05) is 35.9 Å². The molecule has 0 N–H and O–H groups in total. The Labute approximate surface area is 117 Å². The Kier molecular flexibility index (Phi) is 3.15. The normalized spacial score (nSPS) is 15.3. The SMILES string of the molecule is CN(C(=O)c1cc2ccccc2c(Cl)n1)C1CCC1. The van der Waals surface area contributed by atoms with Gasteiger partial charge in [0, 0.05) is 18.5 Å². The Morgan fingerprint density at radius 3 is 2.79 bits per heavy atom. The maximum absolute atomic E-state index is 12.4. The number of rotatable bonds is 2. The fourth-order valence-corrected chi connectivity index (χ4v) is 2.65. The molecule has 1 aliphatic rings. The predicted octanol–water partition coefficient (Wildman–Crippen LogP) is 3.51. The Balaban J connectivity index is 1.98. The number of pyridine rings is 1. The minimum Gasteiger partial charge on any atom is -0.337 e. The van der Waals surface area contributed by atoms with Crippen molar-refractivity contribution >= 4 is 28.3 Å². The van der Waals surface area contributed by atoms with E-state index in [0.717, 1.165) is 23.6 Å². The zero-order valence-electron chi connectivity index (χ0n) is 10.8. The minimum atomic E-state index is -0.0441. The van der Waals surface area contributed by atoms with Gasteiger partial charge in [-0.15, -0.1) is 0 Å². The number of halogens is 1. The molecule has 3 rings (SSSR count). The Morgan fingerprint density at radius 1 is 1.37 bits per heavy atom. The van der Waals surface area contributed by atoms with Crippen molar-refractivity contribution in [2.75, 3.05) is 7.05 Å². The van der Waals surface area contributed by atoms with Crippen molar-refractivity contribution in [3.8, 4) is 0 Å². The first kappa shape index (κ1) is 12.4. The molecule has 1 amide bonds. The first-order valence-electron chi connectivity index (χ1n) is 6.49. The van der Waals surface area contributed by atoms with E-state index in [9.17, 15) is 4.79 Å². The van der Waals surface area contributed by atoms with Crippen LogP contribution in [-0.4, -0.2) is 28.9 Å². The van der Waals surface area contributed by atoms with Gasteiger partial charge in [0.05, 0.1) is 0 Å². The molecule has 0 spiro atoms. The Hall–Kier alpha value is -1.61. The molecule has 0 atom stereocenters. The van der Waals surface area contributed by atoms with Crippen LogP contribution in [0.15, 0.2) is 30.3 Å². The van der Waals surface area contributed by atoms with Crippen LogP contribution in [0.2, 0.25) is 5.15 Å². The van der Waals surface area contributed by atoms with Crippen molar-refractivity contribution < 1.29 is 4.79 Å². The second-order valence-corrected chi connectivity index (χ2v) is 5.38. The fraction of sp³-hybridized carbons (Fsp3) is 0.333. The average molecular weight is 275 g/mol. The number of hydrogen-bond donors (Lipinski definition) is 0. The summed E-state index contributed by atoms with van der Waals surface area (Å²) in [7, 11) is 1.84. The summed E-state index contributed by atoms with van der Waals surface area (Å²) in [5, 5.41) is 2.23. The molecule has 0 saturated heterocycles. The van der Waals surface area contributed by atoms with Crippen LogP contribution in [-0.2, 0) is 0 Å². The second kappa shape index (κ2) is 4.82. The van der Waals surface area contributed by atoms with Crippen molar-refractivity contribution in [1.82, 2.24) is 9.88 Å².